The Morgan fingerprint density at radius 3 is 2.68 bits per heavy atom. The summed E-state index contributed by atoms with van der Waals surface area (Å²) in [7, 11) is 1.83. The first kappa shape index (κ1) is 21.1. The molecule has 2 amide bonds. The van der Waals surface area contributed by atoms with Gasteiger partial charge in [0.25, 0.3) is 5.91 Å². The van der Waals surface area contributed by atoms with Crippen LogP contribution < -0.4 is 15.5 Å². The van der Waals surface area contributed by atoms with Crippen molar-refractivity contribution in [1.29, 1.82) is 0 Å². The number of amides is 2. The lowest BCUT2D eigenvalue weighted by Gasteiger charge is -2.38. The van der Waals surface area contributed by atoms with Gasteiger partial charge in [-0.3, -0.25) is 9.59 Å². The smallest absolute Gasteiger partial charge is 0.287 e. The van der Waals surface area contributed by atoms with Gasteiger partial charge in [0.15, 0.2) is 17.0 Å². The fourth-order valence-corrected chi connectivity index (χ4v) is 5.89. The lowest BCUT2D eigenvalue weighted by molar-refractivity contribution is -0.121. The summed E-state index contributed by atoms with van der Waals surface area (Å²) >= 11 is 0. The molecule has 0 radical (unpaired) electrons. The fraction of sp³-hybridized carbons (Fsp3) is 0.480. The number of aromatic nitrogens is 4. The maximum absolute atomic E-state index is 13.0. The monoisotopic (exact) mass is 459 g/mol. The van der Waals surface area contributed by atoms with Gasteiger partial charge < -0.3 is 20.1 Å². The van der Waals surface area contributed by atoms with Crippen molar-refractivity contribution in [3.63, 3.8) is 0 Å². The number of fused-ring (bicyclic) bond motifs is 3. The number of nitrogens with one attached hydrogen (secondary N) is 2. The summed E-state index contributed by atoms with van der Waals surface area (Å²) in [6.45, 7) is 1.35. The van der Waals surface area contributed by atoms with Gasteiger partial charge in [-0.25, -0.2) is 15.0 Å². The third-order valence-corrected chi connectivity index (χ3v) is 7.82. The van der Waals surface area contributed by atoms with E-state index in [4.69, 9.17) is 4.98 Å². The Morgan fingerprint density at radius 1 is 1.12 bits per heavy atom. The van der Waals surface area contributed by atoms with Crippen LogP contribution in [0.4, 0.5) is 11.5 Å². The summed E-state index contributed by atoms with van der Waals surface area (Å²) in [6.07, 6.45) is 8.52. The Kier molecular flexibility index (Phi) is 5.00. The van der Waals surface area contributed by atoms with Crippen molar-refractivity contribution in [1.82, 2.24) is 24.8 Å². The summed E-state index contributed by atoms with van der Waals surface area (Å²) in [5.74, 6) is 1.01. The highest BCUT2D eigenvalue weighted by Crippen LogP contribution is 2.45. The lowest BCUT2D eigenvalue weighted by atomic mass is 9.73. The highest BCUT2D eigenvalue weighted by atomic mass is 16.2. The summed E-state index contributed by atoms with van der Waals surface area (Å²) < 4.78 is 1.75. The Bertz CT molecular complexity index is 1270. The molecule has 2 fully saturated rings. The van der Waals surface area contributed by atoms with E-state index in [-0.39, 0.29) is 17.9 Å². The van der Waals surface area contributed by atoms with E-state index in [0.717, 1.165) is 42.8 Å². The predicted molar refractivity (Wildman–Crippen MR) is 129 cm³/mol. The number of anilines is 2. The molecule has 0 atom stereocenters. The van der Waals surface area contributed by atoms with E-state index in [1.54, 1.807) is 4.57 Å². The largest absolute Gasteiger partial charge is 0.355 e. The maximum atomic E-state index is 13.0. The van der Waals surface area contributed by atoms with E-state index in [0.29, 0.717) is 42.9 Å². The van der Waals surface area contributed by atoms with E-state index in [1.165, 1.54) is 12.7 Å². The van der Waals surface area contributed by atoms with Crippen LogP contribution in [0.25, 0.3) is 11.2 Å². The molecule has 9 nitrogen and oxygen atoms in total. The van der Waals surface area contributed by atoms with Crippen molar-refractivity contribution in [2.45, 2.75) is 56.4 Å². The molecule has 1 saturated heterocycles. The van der Waals surface area contributed by atoms with Crippen molar-refractivity contribution in [3.8, 4) is 0 Å². The molecule has 3 aromatic rings. The van der Waals surface area contributed by atoms with Crippen LogP contribution in [0.1, 0.15) is 61.1 Å². The topological polar surface area (TPSA) is 105 Å². The third-order valence-electron chi connectivity index (χ3n) is 7.82. The van der Waals surface area contributed by atoms with Gasteiger partial charge in [-0.1, -0.05) is 37.5 Å². The minimum atomic E-state index is -0.492. The molecule has 4 heterocycles. The van der Waals surface area contributed by atoms with Gasteiger partial charge in [0.1, 0.15) is 6.33 Å². The van der Waals surface area contributed by atoms with E-state index in [2.05, 4.69) is 31.6 Å². The molecule has 3 aliphatic rings. The number of piperidine rings is 1. The fourth-order valence-electron chi connectivity index (χ4n) is 5.89. The van der Waals surface area contributed by atoms with Crippen molar-refractivity contribution < 1.29 is 9.59 Å². The van der Waals surface area contributed by atoms with Crippen LogP contribution in [0.15, 0.2) is 30.6 Å². The number of rotatable bonds is 3. The van der Waals surface area contributed by atoms with Crippen molar-refractivity contribution >= 4 is 34.5 Å². The molecule has 1 aromatic carbocycles. The second-order valence-corrected chi connectivity index (χ2v) is 9.74. The number of hydrogen-bond acceptors (Lipinski definition) is 6. The molecule has 1 saturated carbocycles. The molecule has 34 heavy (non-hydrogen) atoms. The third kappa shape index (κ3) is 3.25. The molecule has 9 heteroatoms. The van der Waals surface area contributed by atoms with Gasteiger partial charge in [0, 0.05) is 31.9 Å². The molecule has 6 rings (SSSR count). The average molecular weight is 460 g/mol. The molecule has 2 N–H and O–H groups in total. The summed E-state index contributed by atoms with van der Waals surface area (Å²) in [5.41, 5.74) is 2.79. The SMILES string of the molecule is Cn1c(C(=O)NC2CCCCC2)nc2c(N3CCC4(CC3)C(=O)Nc3ccccc34)ncnc21. The van der Waals surface area contributed by atoms with Crippen LogP contribution in [0, 0.1) is 0 Å². The Balaban J connectivity index is 1.26. The van der Waals surface area contributed by atoms with Crippen LogP contribution in [0.3, 0.4) is 0 Å². The zero-order valence-corrected chi connectivity index (χ0v) is 19.4. The number of benzene rings is 1. The standard InChI is InChI=1S/C25H29N7O2/c1-31-20-19(30-22(31)23(33)28-16-7-3-2-4-8-16)21(27-15-26-20)32-13-11-25(12-14-32)17-9-5-6-10-18(17)29-24(25)34/h5-6,9-10,15-16H,2-4,7-8,11-14H2,1H3,(H,28,33)(H,29,34). The number of aryl methyl sites for hydroxylation is 1. The van der Waals surface area contributed by atoms with E-state index >= 15 is 0 Å². The molecule has 2 aliphatic heterocycles. The van der Waals surface area contributed by atoms with Crippen LogP contribution in [-0.2, 0) is 17.3 Å². The molecule has 0 unspecified atom stereocenters. The number of para-hydroxylation sites is 1. The molecular formula is C25H29N7O2. The average Bonchev–Trinajstić information content (AvgIpc) is 3.35. The highest BCUT2D eigenvalue weighted by Gasteiger charge is 2.48. The molecule has 1 aliphatic carbocycles. The van der Waals surface area contributed by atoms with Gasteiger partial charge in [0.05, 0.1) is 5.41 Å². The number of carbonyl (C=O) groups is 2. The summed E-state index contributed by atoms with van der Waals surface area (Å²) in [4.78, 5) is 41.8. The van der Waals surface area contributed by atoms with Gasteiger partial charge in [0.2, 0.25) is 11.7 Å². The van der Waals surface area contributed by atoms with Gasteiger partial charge in [-0.05, 0) is 37.3 Å². The minimum Gasteiger partial charge on any atom is -0.355 e. The van der Waals surface area contributed by atoms with Crippen LogP contribution >= 0.6 is 0 Å². The quantitative estimate of drug-likeness (QED) is 0.624. The Labute approximate surface area is 198 Å². The maximum Gasteiger partial charge on any atom is 0.287 e. The second kappa shape index (κ2) is 8.07. The van der Waals surface area contributed by atoms with Crippen molar-refractivity contribution in [2.75, 3.05) is 23.3 Å². The first-order valence-corrected chi connectivity index (χ1v) is 12.2. The molecule has 1 spiro atoms. The van der Waals surface area contributed by atoms with Crippen molar-refractivity contribution in [2.24, 2.45) is 7.05 Å². The summed E-state index contributed by atoms with van der Waals surface area (Å²) in [6, 6.07) is 8.19. The number of nitrogens with zero attached hydrogens (tertiary/aromatic N) is 5. The Morgan fingerprint density at radius 2 is 1.88 bits per heavy atom. The van der Waals surface area contributed by atoms with E-state index < -0.39 is 5.41 Å². The lowest BCUT2D eigenvalue weighted by Crippen LogP contribution is -2.46. The van der Waals surface area contributed by atoms with Crippen LogP contribution in [-0.4, -0.2) is 50.5 Å². The van der Waals surface area contributed by atoms with Crippen LogP contribution in [0.5, 0.6) is 0 Å². The number of imidazole rings is 1. The van der Waals surface area contributed by atoms with Crippen molar-refractivity contribution in [3.05, 3.63) is 42.0 Å². The van der Waals surface area contributed by atoms with E-state index in [1.807, 2.05) is 25.2 Å². The molecular weight excluding hydrogens is 430 g/mol. The minimum absolute atomic E-state index is 0.0840. The Hall–Kier alpha value is -3.49. The predicted octanol–water partition coefficient (Wildman–Crippen LogP) is 2.92. The summed E-state index contributed by atoms with van der Waals surface area (Å²) in [5, 5.41) is 6.21. The highest BCUT2D eigenvalue weighted by molar-refractivity contribution is 6.06. The second-order valence-electron chi connectivity index (χ2n) is 9.74. The molecule has 0 bridgehead atoms. The first-order chi connectivity index (χ1) is 16.6. The molecule has 176 valence electrons. The van der Waals surface area contributed by atoms with Gasteiger partial charge in [-0.2, -0.15) is 0 Å². The number of hydrogen-bond donors (Lipinski definition) is 2. The first-order valence-electron chi connectivity index (χ1n) is 12.2. The van der Waals surface area contributed by atoms with E-state index in [9.17, 15) is 9.59 Å². The molecule has 2 aromatic heterocycles. The van der Waals surface area contributed by atoms with Crippen LogP contribution in [0.2, 0.25) is 0 Å². The normalized spacial score (nSPS) is 19.9. The zero-order chi connectivity index (χ0) is 23.3. The van der Waals surface area contributed by atoms with Gasteiger partial charge in [-0.15, -0.1) is 0 Å². The number of carbonyl (C=O) groups excluding carboxylic acids is 2. The van der Waals surface area contributed by atoms with Gasteiger partial charge >= 0.3 is 0 Å². The zero-order valence-electron chi connectivity index (χ0n) is 19.4.